The highest BCUT2D eigenvalue weighted by Crippen LogP contribution is 2.27. The Balaban J connectivity index is 2.52. The number of aryl methyl sites for hydroxylation is 1. The van der Waals surface area contributed by atoms with Gasteiger partial charge in [-0.05, 0) is 18.1 Å². The van der Waals surface area contributed by atoms with Crippen molar-refractivity contribution < 1.29 is 9.59 Å². The molecule has 0 aliphatic carbocycles. The number of hydrogen-bond acceptors (Lipinski definition) is 2. The summed E-state index contributed by atoms with van der Waals surface area (Å²) in [4.78, 5) is 25.3. The Morgan fingerprint density at radius 2 is 1.95 bits per heavy atom. The van der Waals surface area contributed by atoms with Crippen molar-refractivity contribution in [1.82, 2.24) is 4.98 Å². The van der Waals surface area contributed by atoms with Crippen LogP contribution in [0, 0.1) is 0 Å². The van der Waals surface area contributed by atoms with Crippen LogP contribution in [0.4, 0.5) is 10.6 Å². The molecule has 0 aliphatic heterocycles. The van der Waals surface area contributed by atoms with Crippen LogP contribution in [0.2, 0.25) is 0 Å². The molecule has 0 saturated heterocycles. The highest BCUT2D eigenvalue weighted by atomic mass is 16.2. The number of primary amides is 2. The molecule has 0 fully saturated rings. The molecular formula is C14H16N4O2. The van der Waals surface area contributed by atoms with Gasteiger partial charge in [-0.2, -0.15) is 0 Å². The van der Waals surface area contributed by atoms with Crippen molar-refractivity contribution in [2.24, 2.45) is 11.5 Å². The molecule has 104 valence electrons. The molecule has 0 bridgehead atoms. The zero-order valence-corrected chi connectivity index (χ0v) is 11.1. The first kappa shape index (κ1) is 13.7. The van der Waals surface area contributed by atoms with Gasteiger partial charge in [0.25, 0.3) is 5.91 Å². The van der Waals surface area contributed by atoms with Gasteiger partial charge in [0.15, 0.2) is 0 Å². The van der Waals surface area contributed by atoms with Gasteiger partial charge in [-0.15, -0.1) is 0 Å². The fraction of sp³-hybridized carbons (Fsp3) is 0.143. The Morgan fingerprint density at radius 1 is 1.25 bits per heavy atom. The summed E-state index contributed by atoms with van der Waals surface area (Å²) in [6.45, 7) is 2.04. The van der Waals surface area contributed by atoms with Gasteiger partial charge < -0.3 is 16.5 Å². The number of amides is 3. The molecule has 20 heavy (non-hydrogen) atoms. The summed E-state index contributed by atoms with van der Waals surface area (Å²) >= 11 is 0. The van der Waals surface area contributed by atoms with Crippen LogP contribution in [0.25, 0.3) is 11.3 Å². The van der Waals surface area contributed by atoms with Crippen LogP contribution in [-0.2, 0) is 6.42 Å². The molecule has 3 amide bonds. The Labute approximate surface area is 116 Å². The van der Waals surface area contributed by atoms with Gasteiger partial charge in [-0.3, -0.25) is 10.1 Å². The summed E-state index contributed by atoms with van der Waals surface area (Å²) in [6.07, 6.45) is 0.847. The molecular weight excluding hydrogens is 256 g/mol. The van der Waals surface area contributed by atoms with Gasteiger partial charge in [-0.1, -0.05) is 31.2 Å². The third-order valence-electron chi connectivity index (χ3n) is 3.02. The van der Waals surface area contributed by atoms with Crippen LogP contribution in [0.1, 0.15) is 22.8 Å². The average Bonchev–Trinajstić information content (AvgIpc) is 2.81. The predicted octanol–water partition coefficient (Wildman–Crippen LogP) is 1.83. The van der Waals surface area contributed by atoms with Crippen LogP contribution in [0.15, 0.2) is 30.3 Å². The number of hydrogen-bond donors (Lipinski definition) is 4. The Bertz CT molecular complexity index is 661. The van der Waals surface area contributed by atoms with E-state index in [-0.39, 0.29) is 11.4 Å². The summed E-state index contributed by atoms with van der Waals surface area (Å²) in [5.74, 6) is -0.420. The maximum atomic E-state index is 11.4. The largest absolute Gasteiger partial charge is 0.365 e. The van der Waals surface area contributed by atoms with E-state index in [1.807, 2.05) is 31.2 Å². The van der Waals surface area contributed by atoms with Crippen LogP contribution in [0.5, 0.6) is 0 Å². The van der Waals surface area contributed by atoms with E-state index < -0.39 is 11.9 Å². The standard InChI is InChI=1S/C14H16N4O2/c1-2-8-5-3-4-6-9(8)11-7-10(12(15)19)13(17-11)18-14(16)20/h3-7,17H,2H2,1H3,(H2,15,19)(H3,16,18,20). The molecule has 0 radical (unpaired) electrons. The van der Waals surface area contributed by atoms with Gasteiger partial charge in [0.1, 0.15) is 5.82 Å². The van der Waals surface area contributed by atoms with Crippen LogP contribution in [0.3, 0.4) is 0 Å². The fourth-order valence-corrected chi connectivity index (χ4v) is 2.11. The number of nitrogens with one attached hydrogen (secondary N) is 2. The van der Waals surface area contributed by atoms with E-state index in [1.54, 1.807) is 6.07 Å². The topological polar surface area (TPSA) is 114 Å². The lowest BCUT2D eigenvalue weighted by molar-refractivity contribution is 0.100. The van der Waals surface area contributed by atoms with Gasteiger partial charge in [0, 0.05) is 11.3 Å². The molecule has 6 heteroatoms. The number of carbonyl (C=O) groups excluding carboxylic acids is 2. The quantitative estimate of drug-likeness (QED) is 0.680. The molecule has 6 N–H and O–H groups in total. The predicted molar refractivity (Wildman–Crippen MR) is 77.3 cm³/mol. The maximum absolute atomic E-state index is 11.4. The van der Waals surface area contributed by atoms with Gasteiger partial charge in [0.2, 0.25) is 0 Å². The third-order valence-corrected chi connectivity index (χ3v) is 3.02. The van der Waals surface area contributed by atoms with Crippen LogP contribution < -0.4 is 16.8 Å². The van der Waals surface area contributed by atoms with Gasteiger partial charge in [0.05, 0.1) is 5.56 Å². The Hall–Kier alpha value is -2.76. The van der Waals surface area contributed by atoms with E-state index in [0.29, 0.717) is 5.69 Å². The first-order valence-corrected chi connectivity index (χ1v) is 6.20. The number of rotatable bonds is 4. The smallest absolute Gasteiger partial charge is 0.317 e. The van der Waals surface area contributed by atoms with Crippen molar-refractivity contribution in [2.75, 3.05) is 5.32 Å². The van der Waals surface area contributed by atoms with Gasteiger partial charge >= 0.3 is 6.03 Å². The second-order valence-electron chi connectivity index (χ2n) is 4.34. The summed E-state index contributed by atoms with van der Waals surface area (Å²) in [6, 6.07) is 8.64. The molecule has 0 saturated carbocycles. The average molecular weight is 272 g/mol. The minimum Gasteiger partial charge on any atom is -0.365 e. The van der Waals surface area contributed by atoms with E-state index in [0.717, 1.165) is 17.5 Å². The fourth-order valence-electron chi connectivity index (χ4n) is 2.11. The second-order valence-corrected chi connectivity index (χ2v) is 4.34. The molecule has 2 rings (SSSR count). The number of H-pyrrole nitrogens is 1. The molecule has 0 aliphatic rings. The lowest BCUT2D eigenvalue weighted by atomic mass is 10.0. The number of nitrogens with two attached hydrogens (primary N) is 2. The summed E-state index contributed by atoms with van der Waals surface area (Å²) in [5, 5.41) is 2.36. The van der Waals surface area contributed by atoms with E-state index in [1.165, 1.54) is 0 Å². The molecule has 1 aromatic carbocycles. The number of benzene rings is 1. The minimum atomic E-state index is -0.760. The highest BCUT2D eigenvalue weighted by Gasteiger charge is 2.16. The van der Waals surface area contributed by atoms with Crippen molar-refractivity contribution in [3.8, 4) is 11.3 Å². The molecule has 1 aromatic heterocycles. The monoisotopic (exact) mass is 272 g/mol. The Morgan fingerprint density at radius 3 is 2.55 bits per heavy atom. The molecule has 0 unspecified atom stereocenters. The molecule has 1 heterocycles. The van der Waals surface area contributed by atoms with Crippen molar-refractivity contribution in [1.29, 1.82) is 0 Å². The normalized spacial score (nSPS) is 10.2. The Kier molecular flexibility index (Phi) is 3.74. The second kappa shape index (κ2) is 5.48. The van der Waals surface area contributed by atoms with Crippen molar-refractivity contribution in [3.05, 3.63) is 41.5 Å². The van der Waals surface area contributed by atoms with Crippen LogP contribution in [-0.4, -0.2) is 16.9 Å². The number of aromatic amines is 1. The summed E-state index contributed by atoms with van der Waals surface area (Å²) in [7, 11) is 0. The third kappa shape index (κ3) is 2.64. The van der Waals surface area contributed by atoms with Crippen molar-refractivity contribution in [2.45, 2.75) is 13.3 Å². The number of anilines is 1. The first-order valence-electron chi connectivity index (χ1n) is 6.20. The zero-order chi connectivity index (χ0) is 14.7. The van der Waals surface area contributed by atoms with Crippen molar-refractivity contribution in [3.63, 3.8) is 0 Å². The summed E-state index contributed by atoms with van der Waals surface area (Å²) in [5.41, 5.74) is 13.4. The maximum Gasteiger partial charge on any atom is 0.317 e. The van der Waals surface area contributed by atoms with Gasteiger partial charge in [-0.25, -0.2) is 4.79 Å². The number of aromatic nitrogens is 1. The zero-order valence-electron chi connectivity index (χ0n) is 11.1. The summed E-state index contributed by atoms with van der Waals surface area (Å²) < 4.78 is 0. The lowest BCUT2D eigenvalue weighted by Crippen LogP contribution is -2.22. The van der Waals surface area contributed by atoms with Crippen molar-refractivity contribution >= 4 is 17.8 Å². The van der Waals surface area contributed by atoms with E-state index in [2.05, 4.69) is 10.3 Å². The van der Waals surface area contributed by atoms with Crippen LogP contribution >= 0.6 is 0 Å². The highest BCUT2D eigenvalue weighted by molar-refractivity contribution is 6.03. The van der Waals surface area contributed by atoms with E-state index in [9.17, 15) is 9.59 Å². The number of urea groups is 1. The molecule has 2 aromatic rings. The minimum absolute atomic E-state index is 0.199. The van der Waals surface area contributed by atoms with E-state index >= 15 is 0 Å². The molecule has 0 atom stereocenters. The number of carbonyl (C=O) groups is 2. The first-order chi connectivity index (χ1) is 9.52. The lowest BCUT2D eigenvalue weighted by Gasteiger charge is -2.05. The SMILES string of the molecule is CCc1ccccc1-c1cc(C(N)=O)c(NC(N)=O)[nH]1. The van der Waals surface area contributed by atoms with E-state index in [4.69, 9.17) is 11.5 Å². The molecule has 0 spiro atoms. The molecule has 6 nitrogen and oxygen atoms in total.